The van der Waals surface area contributed by atoms with E-state index in [1.54, 1.807) is 0 Å². The van der Waals surface area contributed by atoms with Crippen LogP contribution in [0.2, 0.25) is 0 Å². The summed E-state index contributed by atoms with van der Waals surface area (Å²) in [6.45, 7) is 13.8. The average molecular weight is 464 g/mol. The lowest BCUT2D eigenvalue weighted by atomic mass is 9.39. The Balaban J connectivity index is 1.58. The molecule has 5 unspecified atom stereocenters. The zero-order chi connectivity index (χ0) is 24.7. The summed E-state index contributed by atoms with van der Waals surface area (Å²) in [5.41, 5.74) is 10.5. The number of primary amides is 1. The Bertz CT molecular complexity index is 1090. The molecule has 0 aromatic rings. The highest BCUT2D eigenvalue weighted by Crippen LogP contribution is 2.70. The van der Waals surface area contributed by atoms with Gasteiger partial charge < -0.3 is 10.5 Å². The zero-order valence-corrected chi connectivity index (χ0v) is 21.8. The fraction of sp³-hybridized carbons (Fsp3) is 0.667. The van der Waals surface area contributed by atoms with Gasteiger partial charge in [0.05, 0.1) is 6.61 Å². The highest BCUT2D eigenvalue weighted by molar-refractivity contribution is 6.07. The lowest BCUT2D eigenvalue weighted by Gasteiger charge is -2.64. The van der Waals surface area contributed by atoms with Crippen molar-refractivity contribution in [3.63, 3.8) is 0 Å². The van der Waals surface area contributed by atoms with Crippen LogP contribution < -0.4 is 5.73 Å². The Morgan fingerprint density at radius 3 is 2.44 bits per heavy atom. The van der Waals surface area contributed by atoms with Gasteiger partial charge in [-0.25, -0.2) is 0 Å². The van der Waals surface area contributed by atoms with E-state index in [4.69, 9.17) is 10.5 Å². The molecule has 0 bridgehead atoms. The molecule has 3 fully saturated rings. The van der Waals surface area contributed by atoms with Crippen LogP contribution in [0.25, 0.3) is 0 Å². The molecule has 4 heteroatoms. The van der Waals surface area contributed by atoms with Gasteiger partial charge in [0.25, 0.3) is 0 Å². The maximum atomic E-state index is 13.0. The van der Waals surface area contributed by atoms with Crippen LogP contribution in [0.4, 0.5) is 0 Å². The van der Waals surface area contributed by atoms with Crippen LogP contribution in [0.1, 0.15) is 86.5 Å². The fourth-order valence-electron chi connectivity index (χ4n) is 8.58. The molecule has 2 N–H and O–H groups in total. The molecule has 0 aromatic carbocycles. The number of hydrogen-bond acceptors (Lipinski definition) is 3. The quantitative estimate of drug-likeness (QED) is 0.543. The first-order valence-corrected chi connectivity index (χ1v) is 13.2. The van der Waals surface area contributed by atoms with Crippen LogP contribution in [0.15, 0.2) is 46.3 Å². The van der Waals surface area contributed by atoms with E-state index in [9.17, 15) is 9.59 Å². The molecule has 34 heavy (non-hydrogen) atoms. The Morgan fingerprint density at radius 1 is 1.06 bits per heavy atom. The van der Waals surface area contributed by atoms with Gasteiger partial charge in [-0.1, -0.05) is 45.4 Å². The van der Waals surface area contributed by atoms with Crippen molar-refractivity contribution in [1.29, 1.82) is 0 Å². The Kier molecular flexibility index (Phi) is 5.18. The first kappa shape index (κ1) is 23.6. The third-order valence-corrected chi connectivity index (χ3v) is 10.9. The van der Waals surface area contributed by atoms with Gasteiger partial charge in [-0.2, -0.15) is 0 Å². The second-order valence-electron chi connectivity index (χ2n) is 12.8. The zero-order valence-electron chi connectivity index (χ0n) is 21.8. The van der Waals surface area contributed by atoms with Gasteiger partial charge in [-0.15, -0.1) is 0 Å². The Labute approximate surface area is 204 Å². The average Bonchev–Trinajstić information content (AvgIpc) is 2.78. The molecule has 0 heterocycles. The Morgan fingerprint density at radius 2 is 1.76 bits per heavy atom. The van der Waals surface area contributed by atoms with Gasteiger partial charge in [-0.3, -0.25) is 9.59 Å². The summed E-state index contributed by atoms with van der Waals surface area (Å²) < 4.78 is 5.73. The van der Waals surface area contributed by atoms with E-state index in [0.29, 0.717) is 24.2 Å². The molecular formula is C30H41NO3. The van der Waals surface area contributed by atoms with Crippen molar-refractivity contribution < 1.29 is 14.3 Å². The minimum atomic E-state index is -0.396. The van der Waals surface area contributed by atoms with Gasteiger partial charge in [0.2, 0.25) is 11.7 Å². The normalized spacial score (nSPS) is 43.5. The SMILES string of the molecule is CCOC1=C(C)C2=CC=C3C(C)(CCC4C5C[C@](C)(C(N)=O)CCC5(C)CCC34C)C2=CC1=O. The molecule has 184 valence electrons. The molecular weight excluding hydrogens is 422 g/mol. The number of amides is 1. The summed E-state index contributed by atoms with van der Waals surface area (Å²) in [6, 6.07) is 0. The molecule has 0 spiro atoms. The predicted octanol–water partition coefficient (Wildman–Crippen LogP) is 6.19. The summed E-state index contributed by atoms with van der Waals surface area (Å²) in [6.07, 6.45) is 13.9. The van der Waals surface area contributed by atoms with Crippen molar-refractivity contribution in [3.8, 4) is 0 Å². The molecule has 0 radical (unpaired) electrons. The van der Waals surface area contributed by atoms with Crippen LogP contribution in [0.5, 0.6) is 0 Å². The lowest BCUT2D eigenvalue weighted by Crippen LogP contribution is -2.57. The molecule has 0 aliphatic heterocycles. The van der Waals surface area contributed by atoms with Crippen LogP contribution >= 0.6 is 0 Å². The number of fused-ring (bicyclic) bond motifs is 7. The summed E-state index contributed by atoms with van der Waals surface area (Å²) in [5, 5.41) is 0. The second-order valence-corrected chi connectivity index (χ2v) is 12.8. The highest BCUT2D eigenvalue weighted by atomic mass is 16.5. The minimum Gasteiger partial charge on any atom is -0.489 e. The summed E-state index contributed by atoms with van der Waals surface area (Å²) in [5.74, 6) is 1.41. The number of ether oxygens (including phenoxy) is 1. The molecule has 3 saturated carbocycles. The van der Waals surface area contributed by atoms with E-state index in [2.05, 4.69) is 39.8 Å². The maximum absolute atomic E-state index is 13.0. The van der Waals surface area contributed by atoms with Crippen molar-refractivity contribution in [2.24, 2.45) is 39.2 Å². The van der Waals surface area contributed by atoms with E-state index in [1.807, 2.05) is 19.9 Å². The topological polar surface area (TPSA) is 69.4 Å². The van der Waals surface area contributed by atoms with Gasteiger partial charge in [0.15, 0.2) is 5.76 Å². The van der Waals surface area contributed by atoms with E-state index in [0.717, 1.165) is 43.3 Å². The number of rotatable bonds is 3. The van der Waals surface area contributed by atoms with Crippen molar-refractivity contribution >= 4 is 11.7 Å². The maximum Gasteiger partial charge on any atom is 0.223 e. The van der Waals surface area contributed by atoms with E-state index in [-0.39, 0.29) is 27.9 Å². The smallest absolute Gasteiger partial charge is 0.223 e. The third kappa shape index (κ3) is 3.02. The van der Waals surface area contributed by atoms with Gasteiger partial charge >= 0.3 is 0 Å². The Hall–Kier alpha value is -2.10. The third-order valence-electron chi connectivity index (χ3n) is 10.9. The predicted molar refractivity (Wildman–Crippen MR) is 135 cm³/mol. The van der Waals surface area contributed by atoms with E-state index in [1.165, 1.54) is 24.0 Å². The summed E-state index contributed by atoms with van der Waals surface area (Å²) in [7, 11) is 0. The number of hydrogen-bond donors (Lipinski definition) is 1. The van der Waals surface area contributed by atoms with Crippen molar-refractivity contribution in [3.05, 3.63) is 46.3 Å². The molecule has 4 nitrogen and oxygen atoms in total. The van der Waals surface area contributed by atoms with E-state index < -0.39 is 5.41 Å². The van der Waals surface area contributed by atoms with Crippen molar-refractivity contribution in [2.75, 3.05) is 6.61 Å². The number of nitrogens with two attached hydrogens (primary N) is 1. The first-order valence-electron chi connectivity index (χ1n) is 13.2. The van der Waals surface area contributed by atoms with Gasteiger partial charge in [-0.05, 0) is 98.7 Å². The summed E-state index contributed by atoms with van der Waals surface area (Å²) in [4.78, 5) is 25.5. The van der Waals surface area contributed by atoms with Gasteiger partial charge in [0.1, 0.15) is 0 Å². The molecule has 5 aliphatic rings. The number of carbonyl (C=O) groups excluding carboxylic acids is 2. The van der Waals surface area contributed by atoms with Crippen LogP contribution in [-0.4, -0.2) is 18.3 Å². The van der Waals surface area contributed by atoms with Crippen molar-refractivity contribution in [2.45, 2.75) is 86.5 Å². The highest BCUT2D eigenvalue weighted by Gasteiger charge is 2.62. The first-order chi connectivity index (χ1) is 15.9. The van der Waals surface area contributed by atoms with Crippen molar-refractivity contribution in [1.82, 2.24) is 0 Å². The summed E-state index contributed by atoms with van der Waals surface area (Å²) >= 11 is 0. The number of carbonyl (C=O) groups is 2. The van der Waals surface area contributed by atoms with Crippen LogP contribution in [0, 0.1) is 33.5 Å². The van der Waals surface area contributed by atoms with Crippen LogP contribution in [0.3, 0.4) is 0 Å². The molecule has 0 aromatic heterocycles. The largest absolute Gasteiger partial charge is 0.489 e. The minimum absolute atomic E-state index is 0.00183. The lowest BCUT2D eigenvalue weighted by molar-refractivity contribution is -0.141. The van der Waals surface area contributed by atoms with Gasteiger partial charge in [0, 0.05) is 16.4 Å². The fourth-order valence-corrected chi connectivity index (χ4v) is 8.58. The molecule has 5 aliphatic carbocycles. The second kappa shape index (κ2) is 7.45. The number of ketones is 1. The standard InChI is InChI=1S/C30H41NO3/c1-7-34-25-18(2)19-8-9-24-29(5,21(19)16-23(25)32)11-10-20-22-17-28(4,26(31)33)13-12-27(22,3)14-15-30(20,24)6/h8-9,16,20,22H,7,10-15,17H2,1-6H3,(H2,31,33)/t20?,22?,27?,28-,29?,30?/m1/s1. The molecule has 1 amide bonds. The monoisotopic (exact) mass is 463 g/mol. The van der Waals surface area contributed by atoms with E-state index >= 15 is 0 Å². The van der Waals surface area contributed by atoms with Crippen LogP contribution in [-0.2, 0) is 14.3 Å². The number of allylic oxidation sites excluding steroid dienone is 7. The molecule has 0 saturated heterocycles. The molecule has 6 atom stereocenters. The molecule has 5 rings (SSSR count).